The lowest BCUT2D eigenvalue weighted by molar-refractivity contribution is -0.171. The Kier molecular flexibility index (Phi) is 5.40. The molecule has 0 radical (unpaired) electrons. The van der Waals surface area contributed by atoms with Gasteiger partial charge in [0, 0.05) is 17.2 Å². The summed E-state index contributed by atoms with van der Waals surface area (Å²) in [7, 11) is 1.97. The molecule has 0 spiro atoms. The van der Waals surface area contributed by atoms with Crippen LogP contribution >= 0.6 is 15.9 Å². The Morgan fingerprint density at radius 1 is 1.04 bits per heavy atom. The molecule has 0 aliphatic carbocycles. The van der Waals surface area contributed by atoms with E-state index in [0.29, 0.717) is 6.54 Å². The van der Waals surface area contributed by atoms with Crippen molar-refractivity contribution < 1.29 is 9.53 Å². The largest absolute Gasteiger partial charge is 0.353 e. The van der Waals surface area contributed by atoms with Crippen molar-refractivity contribution in [2.24, 2.45) is 0 Å². The lowest BCUT2D eigenvalue weighted by Crippen LogP contribution is -2.58. The van der Waals surface area contributed by atoms with E-state index in [9.17, 15) is 4.79 Å². The molecule has 0 N–H and O–H groups in total. The Morgan fingerprint density at radius 3 is 2.14 bits per heavy atom. The number of aldehydes is 1. The van der Waals surface area contributed by atoms with Crippen LogP contribution in [0.4, 0.5) is 0 Å². The summed E-state index contributed by atoms with van der Waals surface area (Å²) >= 11 is 3.44. The first kappa shape index (κ1) is 19.0. The van der Waals surface area contributed by atoms with E-state index in [1.165, 1.54) is 0 Å². The predicted octanol–water partition coefficient (Wildman–Crippen LogP) is 4.36. The van der Waals surface area contributed by atoms with Gasteiger partial charge < -0.3 is 9.53 Å². The van der Waals surface area contributed by atoms with Crippen LogP contribution in [0, 0.1) is 0 Å². The maximum Gasteiger partial charge on any atom is 0.141 e. The van der Waals surface area contributed by atoms with Crippen molar-refractivity contribution in [2.45, 2.75) is 17.7 Å². The van der Waals surface area contributed by atoms with Gasteiger partial charge in [-0.15, -0.1) is 0 Å². The predicted molar refractivity (Wildman–Crippen MR) is 112 cm³/mol. The maximum atomic E-state index is 12.3. The molecule has 4 nitrogen and oxygen atoms in total. The monoisotopic (exact) mass is 436 g/mol. The zero-order chi connectivity index (χ0) is 19.6. The van der Waals surface area contributed by atoms with E-state index in [-0.39, 0.29) is 6.10 Å². The van der Waals surface area contributed by atoms with Crippen LogP contribution in [-0.2, 0) is 15.1 Å². The molecule has 4 rings (SSSR count). The molecule has 142 valence electrons. The van der Waals surface area contributed by atoms with Gasteiger partial charge in [0.15, 0.2) is 0 Å². The fourth-order valence-corrected chi connectivity index (χ4v) is 4.20. The van der Waals surface area contributed by atoms with E-state index < -0.39 is 11.6 Å². The molecule has 0 bridgehead atoms. The molecule has 1 aliphatic rings. The fraction of sp³-hybridized carbons (Fsp3) is 0.217. The van der Waals surface area contributed by atoms with Crippen LogP contribution in [0.25, 0.3) is 0 Å². The smallest absolute Gasteiger partial charge is 0.141 e. The minimum atomic E-state index is -0.920. The average Bonchev–Trinajstić information content (AvgIpc) is 2.75. The Balaban J connectivity index is 1.90. The molecule has 2 heterocycles. The highest BCUT2D eigenvalue weighted by atomic mass is 79.9. The van der Waals surface area contributed by atoms with Crippen molar-refractivity contribution >= 4 is 22.2 Å². The number of carbonyl (C=O) groups excluding carboxylic acids is 1. The average molecular weight is 437 g/mol. The van der Waals surface area contributed by atoms with Gasteiger partial charge >= 0.3 is 0 Å². The Labute approximate surface area is 173 Å². The third-order valence-corrected chi connectivity index (χ3v) is 5.76. The summed E-state index contributed by atoms with van der Waals surface area (Å²) < 4.78 is 7.72. The van der Waals surface area contributed by atoms with E-state index in [4.69, 9.17) is 4.74 Å². The summed E-state index contributed by atoms with van der Waals surface area (Å²) in [5.74, 6) is 0. The molecule has 5 heteroatoms. The fourth-order valence-electron chi connectivity index (χ4n) is 3.96. The summed E-state index contributed by atoms with van der Waals surface area (Å²) in [4.78, 5) is 18.9. The Bertz CT molecular complexity index is 892. The molecular formula is C23H21BrN2O2. The van der Waals surface area contributed by atoms with Crippen molar-refractivity contribution in [3.8, 4) is 0 Å². The van der Waals surface area contributed by atoms with Gasteiger partial charge in [0.05, 0.1) is 5.69 Å². The third kappa shape index (κ3) is 3.30. The summed E-state index contributed by atoms with van der Waals surface area (Å²) in [6, 6.07) is 23.4. The topological polar surface area (TPSA) is 42.4 Å². The number of ether oxygens (including phenoxy) is 1. The first-order chi connectivity index (χ1) is 13.6. The number of likely N-dealkylation sites (N-methyl/N-ethyl adjacent to an activating group) is 1. The lowest BCUT2D eigenvalue weighted by atomic mass is 9.78. The lowest BCUT2D eigenvalue weighted by Gasteiger charge is -2.49. The molecule has 1 fully saturated rings. The van der Waals surface area contributed by atoms with Gasteiger partial charge in [0.2, 0.25) is 0 Å². The second kappa shape index (κ2) is 7.95. The van der Waals surface area contributed by atoms with Crippen molar-refractivity contribution in [2.75, 3.05) is 13.6 Å². The molecule has 2 unspecified atom stereocenters. The highest BCUT2D eigenvalue weighted by Gasteiger charge is 2.51. The van der Waals surface area contributed by atoms with Gasteiger partial charge in [0.1, 0.15) is 24.0 Å². The standard InChI is InChI=1S/C23H21BrN2O2/c1-26-15-21(20-13-12-19(24)14-25-20)28-23(22(26)16-27,17-8-4-2-5-9-17)18-10-6-3-7-11-18/h2-14,16,21-22H,15H2,1H3. The first-order valence-electron chi connectivity index (χ1n) is 9.21. The van der Waals surface area contributed by atoms with Gasteiger partial charge in [-0.3, -0.25) is 9.88 Å². The van der Waals surface area contributed by atoms with E-state index in [2.05, 4.69) is 25.8 Å². The normalized spacial score (nSPS) is 21.9. The molecule has 2 aromatic carbocycles. The molecule has 3 aromatic rings. The van der Waals surface area contributed by atoms with Crippen molar-refractivity contribution in [1.82, 2.24) is 9.88 Å². The van der Waals surface area contributed by atoms with E-state index in [1.807, 2.05) is 79.8 Å². The van der Waals surface area contributed by atoms with Crippen LogP contribution in [0.2, 0.25) is 0 Å². The number of morpholine rings is 1. The van der Waals surface area contributed by atoms with Gasteiger partial charge in [-0.2, -0.15) is 0 Å². The third-order valence-electron chi connectivity index (χ3n) is 5.29. The number of halogens is 1. The van der Waals surface area contributed by atoms with E-state index in [1.54, 1.807) is 6.20 Å². The van der Waals surface area contributed by atoms with Crippen molar-refractivity contribution in [3.63, 3.8) is 0 Å². The highest BCUT2D eigenvalue weighted by molar-refractivity contribution is 9.10. The van der Waals surface area contributed by atoms with Gasteiger partial charge in [0.25, 0.3) is 0 Å². The number of hydrogen-bond donors (Lipinski definition) is 0. The second-order valence-electron chi connectivity index (χ2n) is 7.00. The summed E-state index contributed by atoms with van der Waals surface area (Å²) in [5, 5.41) is 0. The van der Waals surface area contributed by atoms with Crippen molar-refractivity contribution in [3.05, 3.63) is 100 Å². The number of carbonyl (C=O) groups is 1. The summed E-state index contributed by atoms with van der Waals surface area (Å²) in [5.41, 5.74) is 1.83. The number of nitrogens with zero attached hydrogens (tertiary/aromatic N) is 2. The molecular weight excluding hydrogens is 416 g/mol. The quantitative estimate of drug-likeness (QED) is 0.569. The summed E-state index contributed by atoms with van der Waals surface area (Å²) in [6.07, 6.45) is 2.50. The number of pyridine rings is 1. The summed E-state index contributed by atoms with van der Waals surface area (Å²) in [6.45, 7) is 0.583. The van der Waals surface area contributed by atoms with Crippen LogP contribution in [0.3, 0.4) is 0 Å². The number of aromatic nitrogens is 1. The van der Waals surface area contributed by atoms with Gasteiger partial charge in [-0.25, -0.2) is 0 Å². The van der Waals surface area contributed by atoms with Crippen LogP contribution < -0.4 is 0 Å². The highest BCUT2D eigenvalue weighted by Crippen LogP contribution is 2.45. The zero-order valence-electron chi connectivity index (χ0n) is 15.5. The second-order valence-corrected chi connectivity index (χ2v) is 7.91. The molecule has 1 saturated heterocycles. The zero-order valence-corrected chi connectivity index (χ0v) is 17.1. The van der Waals surface area contributed by atoms with Crippen LogP contribution in [-0.4, -0.2) is 35.8 Å². The maximum absolute atomic E-state index is 12.3. The Hall–Kier alpha value is -2.34. The molecule has 0 amide bonds. The first-order valence-corrected chi connectivity index (χ1v) is 10.0. The number of benzene rings is 2. The molecule has 0 saturated carbocycles. The Morgan fingerprint density at radius 2 is 1.64 bits per heavy atom. The molecule has 1 aromatic heterocycles. The molecule has 1 aliphatic heterocycles. The minimum Gasteiger partial charge on any atom is -0.353 e. The SMILES string of the molecule is CN1CC(c2ccc(Br)cn2)OC(c2ccccc2)(c2ccccc2)C1C=O. The number of hydrogen-bond acceptors (Lipinski definition) is 4. The number of rotatable bonds is 4. The van der Waals surface area contributed by atoms with Crippen molar-refractivity contribution in [1.29, 1.82) is 0 Å². The van der Waals surface area contributed by atoms with Gasteiger partial charge in [-0.05, 0) is 46.2 Å². The van der Waals surface area contributed by atoms with Gasteiger partial charge in [-0.1, -0.05) is 60.7 Å². The minimum absolute atomic E-state index is 0.269. The van der Waals surface area contributed by atoms with Crippen LogP contribution in [0.15, 0.2) is 83.5 Å². The van der Waals surface area contributed by atoms with Crippen LogP contribution in [0.1, 0.15) is 22.9 Å². The van der Waals surface area contributed by atoms with E-state index >= 15 is 0 Å². The van der Waals surface area contributed by atoms with E-state index in [0.717, 1.165) is 27.6 Å². The molecule has 2 atom stereocenters. The van der Waals surface area contributed by atoms with Crippen LogP contribution in [0.5, 0.6) is 0 Å². The molecule has 28 heavy (non-hydrogen) atoms.